The van der Waals surface area contributed by atoms with Crippen molar-refractivity contribution >= 4 is 22.9 Å². The van der Waals surface area contributed by atoms with Gasteiger partial charge in [0.05, 0.1) is 12.6 Å². The van der Waals surface area contributed by atoms with Gasteiger partial charge in [-0.2, -0.15) is 0 Å². The number of aromatic nitrogens is 1. The van der Waals surface area contributed by atoms with Gasteiger partial charge in [0.1, 0.15) is 18.4 Å². The quantitative estimate of drug-likeness (QED) is 0.490. The highest BCUT2D eigenvalue weighted by Gasteiger charge is 2.23. The SMILES string of the molecule is COc1ccc(C(C)=O)cc1COC(=O)[C@H](C)n1c(=O)oc2ccccc21. The van der Waals surface area contributed by atoms with Crippen molar-refractivity contribution in [1.82, 2.24) is 4.57 Å². The van der Waals surface area contributed by atoms with Crippen LogP contribution in [0.15, 0.2) is 51.7 Å². The van der Waals surface area contributed by atoms with Crippen LogP contribution < -0.4 is 10.5 Å². The van der Waals surface area contributed by atoms with Crippen LogP contribution in [0.5, 0.6) is 5.75 Å². The van der Waals surface area contributed by atoms with E-state index in [4.69, 9.17) is 13.9 Å². The normalized spacial score (nSPS) is 12.0. The fourth-order valence-electron chi connectivity index (χ4n) is 2.84. The Bertz CT molecular complexity index is 1060. The fraction of sp³-hybridized carbons (Fsp3) is 0.250. The van der Waals surface area contributed by atoms with Gasteiger partial charge in [-0.05, 0) is 44.2 Å². The maximum Gasteiger partial charge on any atom is 0.420 e. The lowest BCUT2D eigenvalue weighted by atomic mass is 10.1. The molecular weight excluding hydrogens is 350 g/mol. The van der Waals surface area contributed by atoms with Crippen LogP contribution in [0.4, 0.5) is 0 Å². The summed E-state index contributed by atoms with van der Waals surface area (Å²) in [5, 5.41) is 0. The van der Waals surface area contributed by atoms with E-state index in [1.165, 1.54) is 18.6 Å². The molecule has 3 aromatic rings. The third-order valence-electron chi connectivity index (χ3n) is 4.30. The maximum absolute atomic E-state index is 12.5. The number of oxazole rings is 1. The lowest BCUT2D eigenvalue weighted by Gasteiger charge is -2.14. The lowest BCUT2D eigenvalue weighted by Crippen LogP contribution is -2.26. The monoisotopic (exact) mass is 369 g/mol. The van der Waals surface area contributed by atoms with E-state index in [2.05, 4.69) is 0 Å². The minimum atomic E-state index is -0.872. The van der Waals surface area contributed by atoms with Crippen molar-refractivity contribution in [3.8, 4) is 5.75 Å². The van der Waals surface area contributed by atoms with E-state index in [1.807, 2.05) is 0 Å². The Labute approximate surface area is 155 Å². The van der Waals surface area contributed by atoms with Crippen LogP contribution in [-0.4, -0.2) is 23.4 Å². The molecule has 1 heterocycles. The summed E-state index contributed by atoms with van der Waals surface area (Å²) in [7, 11) is 1.49. The molecule has 3 rings (SSSR count). The molecule has 27 heavy (non-hydrogen) atoms. The number of ketones is 1. The average Bonchev–Trinajstić information content (AvgIpc) is 3.00. The molecule has 0 unspecified atom stereocenters. The first-order chi connectivity index (χ1) is 12.9. The van der Waals surface area contributed by atoms with Crippen molar-refractivity contribution < 1.29 is 23.5 Å². The molecule has 1 atom stereocenters. The van der Waals surface area contributed by atoms with Crippen LogP contribution in [-0.2, 0) is 16.1 Å². The molecule has 0 aliphatic heterocycles. The predicted molar refractivity (Wildman–Crippen MR) is 98.0 cm³/mol. The molecule has 0 radical (unpaired) electrons. The van der Waals surface area contributed by atoms with Crippen LogP contribution in [0.2, 0.25) is 0 Å². The van der Waals surface area contributed by atoms with Gasteiger partial charge < -0.3 is 13.9 Å². The number of hydrogen-bond donors (Lipinski definition) is 0. The van der Waals surface area contributed by atoms with Gasteiger partial charge in [-0.25, -0.2) is 9.59 Å². The molecule has 0 aliphatic carbocycles. The summed E-state index contributed by atoms with van der Waals surface area (Å²) in [5.74, 6) is -0.822. The van der Waals surface area contributed by atoms with Crippen LogP contribution in [0, 0.1) is 0 Å². The molecule has 140 valence electrons. The van der Waals surface area contributed by atoms with Gasteiger partial charge in [-0.15, -0.1) is 0 Å². The van der Waals surface area contributed by atoms with Crippen molar-refractivity contribution in [1.29, 1.82) is 0 Å². The summed E-state index contributed by atoms with van der Waals surface area (Å²) in [6.07, 6.45) is 0. The van der Waals surface area contributed by atoms with Crippen molar-refractivity contribution in [3.63, 3.8) is 0 Å². The number of ether oxygens (including phenoxy) is 2. The summed E-state index contributed by atoms with van der Waals surface area (Å²) in [6.45, 7) is 2.93. The third-order valence-corrected chi connectivity index (χ3v) is 4.30. The lowest BCUT2D eigenvalue weighted by molar-refractivity contribution is -0.148. The van der Waals surface area contributed by atoms with E-state index in [-0.39, 0.29) is 12.4 Å². The largest absolute Gasteiger partial charge is 0.496 e. The summed E-state index contributed by atoms with van der Waals surface area (Å²) in [6, 6.07) is 10.9. The number of hydrogen-bond acceptors (Lipinski definition) is 6. The fourth-order valence-corrected chi connectivity index (χ4v) is 2.84. The summed E-state index contributed by atoms with van der Waals surface area (Å²) >= 11 is 0. The smallest absolute Gasteiger partial charge is 0.420 e. The molecule has 1 aromatic heterocycles. The van der Waals surface area contributed by atoms with E-state index in [1.54, 1.807) is 49.4 Å². The van der Waals surface area contributed by atoms with Gasteiger partial charge in [-0.1, -0.05) is 12.1 Å². The molecule has 0 amide bonds. The second-order valence-electron chi connectivity index (χ2n) is 6.07. The number of carbonyl (C=O) groups is 2. The molecule has 0 N–H and O–H groups in total. The van der Waals surface area contributed by atoms with Crippen molar-refractivity contribution in [2.75, 3.05) is 7.11 Å². The predicted octanol–water partition coefficient (Wildman–Crippen LogP) is 3.11. The highest BCUT2D eigenvalue weighted by molar-refractivity contribution is 5.94. The zero-order valence-corrected chi connectivity index (χ0v) is 15.2. The van der Waals surface area contributed by atoms with E-state index >= 15 is 0 Å². The highest BCUT2D eigenvalue weighted by atomic mass is 16.5. The number of rotatable bonds is 6. The molecule has 7 heteroatoms. The summed E-state index contributed by atoms with van der Waals surface area (Å²) < 4.78 is 17.0. The number of Topliss-reactive ketones (excluding diaryl/α,β-unsaturated/α-hetero) is 1. The van der Waals surface area contributed by atoms with Gasteiger partial charge in [-0.3, -0.25) is 9.36 Å². The molecule has 0 bridgehead atoms. The molecule has 2 aromatic carbocycles. The number of fused-ring (bicyclic) bond motifs is 1. The van der Waals surface area contributed by atoms with Gasteiger partial charge in [0.25, 0.3) is 0 Å². The highest BCUT2D eigenvalue weighted by Crippen LogP contribution is 2.23. The molecule has 0 saturated heterocycles. The number of para-hydroxylation sites is 2. The van der Waals surface area contributed by atoms with Crippen LogP contribution in [0.3, 0.4) is 0 Å². The second kappa shape index (κ2) is 7.49. The summed E-state index contributed by atoms with van der Waals surface area (Å²) in [4.78, 5) is 36.2. The van der Waals surface area contributed by atoms with E-state index in [9.17, 15) is 14.4 Å². The van der Waals surface area contributed by atoms with Gasteiger partial charge in [0.2, 0.25) is 0 Å². The van der Waals surface area contributed by atoms with Crippen LogP contribution >= 0.6 is 0 Å². The van der Waals surface area contributed by atoms with Gasteiger partial charge in [0, 0.05) is 11.1 Å². The van der Waals surface area contributed by atoms with Crippen molar-refractivity contribution in [2.45, 2.75) is 26.5 Å². The zero-order valence-electron chi connectivity index (χ0n) is 15.2. The Morgan fingerprint density at radius 1 is 1.19 bits per heavy atom. The number of nitrogens with zero attached hydrogens (tertiary/aromatic N) is 1. The molecule has 0 saturated carbocycles. The number of carbonyl (C=O) groups excluding carboxylic acids is 2. The number of esters is 1. The van der Waals surface area contributed by atoms with Gasteiger partial charge >= 0.3 is 11.7 Å². The minimum Gasteiger partial charge on any atom is -0.496 e. The molecule has 7 nitrogen and oxygen atoms in total. The zero-order chi connectivity index (χ0) is 19.6. The second-order valence-corrected chi connectivity index (χ2v) is 6.07. The Morgan fingerprint density at radius 3 is 2.63 bits per heavy atom. The summed E-state index contributed by atoms with van der Waals surface area (Å²) in [5.41, 5.74) is 1.98. The first-order valence-electron chi connectivity index (χ1n) is 8.37. The Balaban J connectivity index is 1.81. The van der Waals surface area contributed by atoms with Crippen molar-refractivity contribution in [2.24, 2.45) is 0 Å². The minimum absolute atomic E-state index is 0.0853. The van der Waals surface area contributed by atoms with Crippen LogP contribution in [0.25, 0.3) is 11.1 Å². The van der Waals surface area contributed by atoms with Crippen LogP contribution in [0.1, 0.15) is 35.8 Å². The van der Waals surface area contributed by atoms with Gasteiger partial charge in [0.15, 0.2) is 11.4 Å². The first kappa shape index (κ1) is 18.4. The van der Waals surface area contributed by atoms with E-state index in [0.717, 1.165) is 0 Å². The topological polar surface area (TPSA) is 87.7 Å². The Hall–Kier alpha value is -3.35. The Kier molecular flexibility index (Phi) is 5.12. The van der Waals surface area contributed by atoms with E-state index < -0.39 is 17.8 Å². The number of methoxy groups -OCH3 is 1. The number of benzene rings is 2. The standard InChI is InChI=1S/C20H19NO6/c1-12(21-16-6-4-5-7-18(16)27-20(21)24)19(23)26-11-15-10-14(13(2)22)8-9-17(15)25-3/h4-10,12H,11H2,1-3H3/t12-/m0/s1. The molecule has 0 fully saturated rings. The first-order valence-corrected chi connectivity index (χ1v) is 8.37. The molecular formula is C20H19NO6. The molecule has 0 spiro atoms. The third kappa shape index (κ3) is 3.62. The maximum atomic E-state index is 12.5. The molecule has 0 aliphatic rings. The Morgan fingerprint density at radius 2 is 1.93 bits per heavy atom. The average molecular weight is 369 g/mol. The van der Waals surface area contributed by atoms with E-state index in [0.29, 0.717) is 28.0 Å². The van der Waals surface area contributed by atoms with Crippen molar-refractivity contribution in [3.05, 3.63) is 64.1 Å².